The van der Waals surface area contributed by atoms with Crippen LogP contribution in [0.1, 0.15) is 40.8 Å². The lowest BCUT2D eigenvalue weighted by molar-refractivity contribution is 0.0696. The molecule has 1 amide bonds. The molecule has 2 aromatic rings. The number of piperidine rings is 1. The lowest BCUT2D eigenvalue weighted by Crippen LogP contribution is -2.39. The van der Waals surface area contributed by atoms with E-state index in [-0.39, 0.29) is 11.8 Å². The van der Waals surface area contributed by atoms with E-state index in [1.54, 1.807) is 19.1 Å². The van der Waals surface area contributed by atoms with Crippen molar-refractivity contribution in [3.8, 4) is 0 Å². The second kappa shape index (κ2) is 5.55. The number of anilines is 1. The van der Waals surface area contributed by atoms with Crippen molar-refractivity contribution in [2.75, 3.05) is 18.8 Å². The molecule has 0 bridgehead atoms. The molecule has 6 nitrogen and oxygen atoms in total. The molecule has 0 spiro atoms. The number of hydrogen-bond acceptors (Lipinski definition) is 5. The van der Waals surface area contributed by atoms with Crippen LogP contribution < -0.4 is 5.73 Å². The molecule has 1 aliphatic heterocycles. The van der Waals surface area contributed by atoms with Gasteiger partial charge in [-0.15, -0.1) is 0 Å². The number of nitrogens with zero attached hydrogens (tertiary/aromatic N) is 3. The Hall–Kier alpha value is -2.37. The molecule has 3 rings (SSSR count). The lowest BCUT2D eigenvalue weighted by Gasteiger charge is -2.31. The first-order valence-corrected chi connectivity index (χ1v) is 7.09. The molecule has 6 heteroatoms. The topological polar surface area (TPSA) is 85.2 Å². The second-order valence-corrected chi connectivity index (χ2v) is 5.36. The first-order valence-electron chi connectivity index (χ1n) is 7.09. The molecule has 21 heavy (non-hydrogen) atoms. The monoisotopic (exact) mass is 286 g/mol. The first-order chi connectivity index (χ1) is 10.1. The Morgan fingerprint density at radius 3 is 2.95 bits per heavy atom. The summed E-state index contributed by atoms with van der Waals surface area (Å²) in [7, 11) is 0. The highest BCUT2D eigenvalue weighted by atomic mass is 16.5. The Morgan fingerprint density at radius 2 is 2.24 bits per heavy atom. The summed E-state index contributed by atoms with van der Waals surface area (Å²) in [6, 6.07) is 7.16. The van der Waals surface area contributed by atoms with E-state index in [0.29, 0.717) is 29.5 Å². The van der Waals surface area contributed by atoms with E-state index in [4.69, 9.17) is 10.3 Å². The van der Waals surface area contributed by atoms with Crippen molar-refractivity contribution in [2.24, 2.45) is 0 Å². The van der Waals surface area contributed by atoms with E-state index < -0.39 is 0 Å². The molecule has 0 aliphatic carbocycles. The molecule has 1 atom stereocenters. The molecule has 1 aromatic carbocycles. The van der Waals surface area contributed by atoms with E-state index in [0.717, 1.165) is 19.4 Å². The average Bonchev–Trinajstić information content (AvgIpc) is 2.94. The van der Waals surface area contributed by atoms with Crippen LogP contribution in [0.4, 0.5) is 5.69 Å². The van der Waals surface area contributed by atoms with Gasteiger partial charge in [0, 0.05) is 18.8 Å². The summed E-state index contributed by atoms with van der Waals surface area (Å²) >= 11 is 0. The molecular formula is C15H18N4O2. The highest BCUT2D eigenvalue weighted by molar-refractivity contribution is 5.99. The number of carbonyl (C=O) groups excluding carboxylic acids is 1. The third kappa shape index (κ3) is 2.74. The van der Waals surface area contributed by atoms with Gasteiger partial charge in [-0.25, -0.2) is 0 Å². The summed E-state index contributed by atoms with van der Waals surface area (Å²) in [5, 5.41) is 3.82. The minimum Gasteiger partial charge on any atom is -0.398 e. The van der Waals surface area contributed by atoms with E-state index in [1.165, 1.54) is 0 Å². The van der Waals surface area contributed by atoms with Crippen molar-refractivity contribution < 1.29 is 9.32 Å². The van der Waals surface area contributed by atoms with Gasteiger partial charge in [-0.3, -0.25) is 4.79 Å². The molecule has 0 radical (unpaired) electrons. The zero-order chi connectivity index (χ0) is 14.8. The maximum atomic E-state index is 12.6. The predicted octanol–water partition coefficient (Wildman–Crippen LogP) is 1.98. The Kier molecular flexibility index (Phi) is 3.60. The van der Waals surface area contributed by atoms with Gasteiger partial charge in [0.2, 0.25) is 5.89 Å². The molecular weight excluding hydrogens is 268 g/mol. The number of aromatic nitrogens is 2. The molecule has 1 fully saturated rings. The smallest absolute Gasteiger partial charge is 0.255 e. The molecule has 2 N–H and O–H groups in total. The van der Waals surface area contributed by atoms with Crippen molar-refractivity contribution in [3.05, 3.63) is 41.5 Å². The average molecular weight is 286 g/mol. The number of para-hydroxylation sites is 1. The highest BCUT2D eigenvalue weighted by Gasteiger charge is 2.29. The number of hydrogen-bond donors (Lipinski definition) is 1. The van der Waals surface area contributed by atoms with Crippen LogP contribution in [0.25, 0.3) is 0 Å². The molecule has 1 unspecified atom stereocenters. The van der Waals surface area contributed by atoms with Crippen LogP contribution in [0.5, 0.6) is 0 Å². The standard InChI is InChI=1S/C15H18N4O2/c1-10-17-14(21-18-10)11-5-4-8-19(9-11)15(20)12-6-2-3-7-13(12)16/h2-3,6-7,11H,4-5,8-9,16H2,1H3. The van der Waals surface area contributed by atoms with Gasteiger partial charge in [0.15, 0.2) is 5.82 Å². The van der Waals surface area contributed by atoms with Gasteiger partial charge in [-0.05, 0) is 31.9 Å². The van der Waals surface area contributed by atoms with Crippen LogP contribution in [-0.4, -0.2) is 34.0 Å². The maximum absolute atomic E-state index is 12.6. The fourth-order valence-electron chi connectivity index (χ4n) is 2.70. The molecule has 1 saturated heterocycles. The predicted molar refractivity (Wildman–Crippen MR) is 77.8 cm³/mol. The summed E-state index contributed by atoms with van der Waals surface area (Å²) < 4.78 is 5.24. The Bertz CT molecular complexity index is 653. The van der Waals surface area contributed by atoms with Crippen molar-refractivity contribution in [3.63, 3.8) is 0 Å². The van der Waals surface area contributed by atoms with Gasteiger partial charge in [0.1, 0.15) is 0 Å². The number of likely N-dealkylation sites (tertiary alicyclic amines) is 1. The van der Waals surface area contributed by atoms with Gasteiger partial charge in [0.05, 0.1) is 11.5 Å². The van der Waals surface area contributed by atoms with Crippen molar-refractivity contribution >= 4 is 11.6 Å². The van der Waals surface area contributed by atoms with E-state index in [2.05, 4.69) is 10.1 Å². The summed E-state index contributed by atoms with van der Waals surface area (Å²) in [6.45, 7) is 3.12. The summed E-state index contributed by atoms with van der Waals surface area (Å²) in [5.74, 6) is 1.31. The molecule has 2 heterocycles. The molecule has 0 saturated carbocycles. The SMILES string of the molecule is Cc1noc(C2CCCN(C(=O)c3ccccc3N)C2)n1. The van der Waals surface area contributed by atoms with E-state index in [1.807, 2.05) is 17.0 Å². The van der Waals surface area contributed by atoms with E-state index in [9.17, 15) is 4.79 Å². The van der Waals surface area contributed by atoms with Gasteiger partial charge >= 0.3 is 0 Å². The van der Waals surface area contributed by atoms with Crippen molar-refractivity contribution in [1.29, 1.82) is 0 Å². The molecule has 110 valence electrons. The van der Waals surface area contributed by atoms with E-state index >= 15 is 0 Å². The Balaban J connectivity index is 1.77. The number of nitrogen functional groups attached to an aromatic ring is 1. The maximum Gasteiger partial charge on any atom is 0.255 e. The summed E-state index contributed by atoms with van der Waals surface area (Å²) in [6.07, 6.45) is 1.88. The van der Waals surface area contributed by atoms with Gasteiger partial charge < -0.3 is 15.2 Å². The zero-order valence-electron chi connectivity index (χ0n) is 12.0. The Morgan fingerprint density at radius 1 is 1.43 bits per heavy atom. The molecule has 1 aliphatic rings. The normalized spacial score (nSPS) is 18.7. The summed E-state index contributed by atoms with van der Waals surface area (Å²) in [4.78, 5) is 18.7. The largest absolute Gasteiger partial charge is 0.398 e. The van der Waals surface area contributed by atoms with Crippen LogP contribution >= 0.6 is 0 Å². The minimum atomic E-state index is -0.0333. The van der Waals surface area contributed by atoms with Gasteiger partial charge in [0.25, 0.3) is 5.91 Å². The van der Waals surface area contributed by atoms with Crippen molar-refractivity contribution in [1.82, 2.24) is 15.0 Å². The van der Waals surface area contributed by atoms with Crippen LogP contribution in [-0.2, 0) is 0 Å². The number of carbonyl (C=O) groups is 1. The van der Waals surface area contributed by atoms with Crippen molar-refractivity contribution in [2.45, 2.75) is 25.7 Å². The number of amides is 1. The first kappa shape index (κ1) is 13.6. The quantitative estimate of drug-likeness (QED) is 0.853. The fourth-order valence-corrected chi connectivity index (χ4v) is 2.70. The third-order valence-electron chi connectivity index (χ3n) is 3.79. The van der Waals surface area contributed by atoms with Crippen LogP contribution in [0, 0.1) is 6.92 Å². The highest BCUT2D eigenvalue weighted by Crippen LogP contribution is 2.27. The van der Waals surface area contributed by atoms with Gasteiger partial charge in [-0.2, -0.15) is 4.98 Å². The number of nitrogens with two attached hydrogens (primary N) is 1. The number of benzene rings is 1. The van der Waals surface area contributed by atoms with Gasteiger partial charge in [-0.1, -0.05) is 17.3 Å². The third-order valence-corrected chi connectivity index (χ3v) is 3.79. The number of aryl methyl sites for hydroxylation is 1. The zero-order valence-corrected chi connectivity index (χ0v) is 12.0. The second-order valence-electron chi connectivity index (χ2n) is 5.36. The van der Waals surface area contributed by atoms with Crippen LogP contribution in [0.3, 0.4) is 0 Å². The molecule has 1 aromatic heterocycles. The minimum absolute atomic E-state index is 0.0333. The fraction of sp³-hybridized carbons (Fsp3) is 0.400. The van der Waals surface area contributed by atoms with Crippen LogP contribution in [0.15, 0.2) is 28.8 Å². The van der Waals surface area contributed by atoms with Crippen LogP contribution in [0.2, 0.25) is 0 Å². The Labute approximate surface area is 122 Å². The lowest BCUT2D eigenvalue weighted by atomic mass is 9.97. The summed E-state index contributed by atoms with van der Waals surface area (Å²) in [5.41, 5.74) is 6.96. The number of rotatable bonds is 2.